The molecule has 28 heavy (non-hydrogen) atoms. The number of sulfonamides is 1. The lowest BCUT2D eigenvalue weighted by Gasteiger charge is -2.32. The molecule has 1 saturated heterocycles. The third-order valence-corrected chi connectivity index (χ3v) is 5.88. The van der Waals surface area contributed by atoms with Crippen LogP contribution in [0.5, 0.6) is 0 Å². The molecule has 1 aliphatic rings. The van der Waals surface area contributed by atoms with Gasteiger partial charge >= 0.3 is 0 Å². The van der Waals surface area contributed by atoms with Crippen molar-refractivity contribution in [3.8, 4) is 0 Å². The molecule has 8 heteroatoms. The Bertz CT molecular complexity index is 1230. The highest BCUT2D eigenvalue weighted by molar-refractivity contribution is 7.88. The fourth-order valence-electron chi connectivity index (χ4n) is 3.74. The van der Waals surface area contributed by atoms with Gasteiger partial charge in [0.25, 0.3) is 5.91 Å². The summed E-state index contributed by atoms with van der Waals surface area (Å²) in [5, 5.41) is 1.07. The van der Waals surface area contributed by atoms with Crippen LogP contribution in [0.1, 0.15) is 23.2 Å². The lowest BCUT2D eigenvalue weighted by molar-refractivity contribution is 0.0711. The molecule has 1 fully saturated rings. The van der Waals surface area contributed by atoms with E-state index in [2.05, 4.69) is 9.71 Å². The van der Waals surface area contributed by atoms with Crippen molar-refractivity contribution in [3.05, 3.63) is 58.3 Å². The zero-order valence-corrected chi connectivity index (χ0v) is 16.3. The number of benzene rings is 2. The van der Waals surface area contributed by atoms with Crippen LogP contribution in [0.3, 0.4) is 0 Å². The molecule has 2 heterocycles. The average molecular weight is 399 g/mol. The van der Waals surface area contributed by atoms with Crippen LogP contribution in [-0.2, 0) is 10.0 Å². The maximum atomic E-state index is 12.9. The first-order chi connectivity index (χ1) is 13.3. The van der Waals surface area contributed by atoms with Crippen LogP contribution in [0.25, 0.3) is 21.8 Å². The van der Waals surface area contributed by atoms with E-state index in [0.29, 0.717) is 47.8 Å². The zero-order valence-electron chi connectivity index (χ0n) is 15.4. The van der Waals surface area contributed by atoms with E-state index in [4.69, 9.17) is 0 Å². The van der Waals surface area contributed by atoms with Gasteiger partial charge in [-0.25, -0.2) is 13.1 Å². The number of fused-ring (bicyclic) bond motifs is 2. The number of hydrogen-bond acceptors (Lipinski definition) is 4. The fourth-order valence-corrected chi connectivity index (χ4v) is 4.58. The largest absolute Gasteiger partial charge is 0.354 e. The maximum Gasteiger partial charge on any atom is 0.253 e. The lowest BCUT2D eigenvalue weighted by Crippen LogP contribution is -2.46. The predicted octanol–water partition coefficient (Wildman–Crippen LogP) is 1.84. The molecule has 1 aromatic heterocycles. The van der Waals surface area contributed by atoms with E-state index < -0.39 is 10.0 Å². The smallest absolute Gasteiger partial charge is 0.253 e. The molecule has 0 atom stereocenters. The highest BCUT2D eigenvalue weighted by Crippen LogP contribution is 2.19. The normalized spacial score (nSPS) is 16.0. The Hall–Kier alpha value is -2.71. The topological polar surface area (TPSA) is 99.3 Å². The minimum Gasteiger partial charge on any atom is -0.354 e. The van der Waals surface area contributed by atoms with Gasteiger partial charge in [0, 0.05) is 46.5 Å². The third kappa shape index (κ3) is 3.65. The summed E-state index contributed by atoms with van der Waals surface area (Å²) in [6, 6.07) is 12.3. The Morgan fingerprint density at radius 3 is 2.46 bits per heavy atom. The van der Waals surface area contributed by atoms with Crippen molar-refractivity contribution in [3.63, 3.8) is 0 Å². The SMILES string of the molecule is CS(=O)(=O)NC1CCN(C(=O)c2ccc3[nH]c4ccccc4c(=O)c3c2)CC1. The van der Waals surface area contributed by atoms with Crippen molar-refractivity contribution in [2.24, 2.45) is 0 Å². The van der Waals surface area contributed by atoms with Gasteiger partial charge in [-0.05, 0) is 43.2 Å². The average Bonchev–Trinajstić information content (AvgIpc) is 2.67. The summed E-state index contributed by atoms with van der Waals surface area (Å²) in [7, 11) is -3.25. The van der Waals surface area contributed by atoms with E-state index in [1.165, 1.54) is 0 Å². The monoisotopic (exact) mass is 399 g/mol. The first-order valence-corrected chi connectivity index (χ1v) is 11.0. The van der Waals surface area contributed by atoms with Gasteiger partial charge < -0.3 is 9.88 Å². The van der Waals surface area contributed by atoms with Gasteiger partial charge in [-0.15, -0.1) is 0 Å². The molecule has 1 amide bonds. The summed E-state index contributed by atoms with van der Waals surface area (Å²) in [6.45, 7) is 0.941. The molecule has 0 spiro atoms. The molecule has 2 N–H and O–H groups in total. The van der Waals surface area contributed by atoms with E-state index in [-0.39, 0.29) is 17.4 Å². The van der Waals surface area contributed by atoms with Crippen LogP contribution in [0, 0.1) is 0 Å². The number of piperidine rings is 1. The van der Waals surface area contributed by atoms with Crippen molar-refractivity contribution < 1.29 is 13.2 Å². The number of nitrogens with one attached hydrogen (secondary N) is 2. The van der Waals surface area contributed by atoms with E-state index in [9.17, 15) is 18.0 Å². The lowest BCUT2D eigenvalue weighted by atomic mass is 10.0. The molecular weight excluding hydrogens is 378 g/mol. The summed E-state index contributed by atoms with van der Waals surface area (Å²) in [5.74, 6) is -0.146. The number of nitrogens with zero attached hydrogens (tertiary/aromatic N) is 1. The molecule has 0 unspecified atom stereocenters. The highest BCUT2D eigenvalue weighted by Gasteiger charge is 2.25. The standard InChI is InChI=1S/C20H21N3O4S/c1-28(26,27)22-14-8-10-23(11-9-14)20(25)13-6-7-18-16(12-13)19(24)15-4-2-3-5-17(15)21-18/h2-7,12,14,22H,8-11H2,1H3,(H,21,24). The summed E-state index contributed by atoms with van der Waals surface area (Å²) >= 11 is 0. The molecular formula is C20H21N3O4S. The number of rotatable bonds is 3. The second-order valence-electron chi connectivity index (χ2n) is 7.22. The quantitative estimate of drug-likeness (QED) is 0.657. The highest BCUT2D eigenvalue weighted by atomic mass is 32.2. The third-order valence-electron chi connectivity index (χ3n) is 5.12. The van der Waals surface area contributed by atoms with Crippen molar-refractivity contribution in [2.75, 3.05) is 19.3 Å². The summed E-state index contributed by atoms with van der Waals surface area (Å²) in [6.07, 6.45) is 2.27. The number of carbonyl (C=O) groups is 1. The molecule has 0 bridgehead atoms. The first-order valence-electron chi connectivity index (χ1n) is 9.13. The number of aromatic nitrogens is 1. The van der Waals surface area contributed by atoms with Gasteiger partial charge in [-0.2, -0.15) is 0 Å². The fraction of sp³-hybridized carbons (Fsp3) is 0.300. The van der Waals surface area contributed by atoms with Gasteiger partial charge in [0.1, 0.15) is 0 Å². The molecule has 0 saturated carbocycles. The Morgan fingerprint density at radius 1 is 1.07 bits per heavy atom. The molecule has 0 radical (unpaired) electrons. The summed E-state index contributed by atoms with van der Waals surface area (Å²) < 4.78 is 25.3. The molecule has 2 aromatic carbocycles. The molecule has 4 rings (SSSR count). The second-order valence-corrected chi connectivity index (χ2v) is 9.00. The molecule has 146 valence electrons. The van der Waals surface area contributed by atoms with E-state index in [0.717, 1.165) is 11.8 Å². The number of hydrogen-bond donors (Lipinski definition) is 2. The van der Waals surface area contributed by atoms with E-state index >= 15 is 0 Å². The van der Waals surface area contributed by atoms with Gasteiger partial charge in [-0.1, -0.05) is 12.1 Å². The number of likely N-dealkylation sites (tertiary alicyclic amines) is 1. The molecule has 7 nitrogen and oxygen atoms in total. The van der Waals surface area contributed by atoms with Crippen LogP contribution in [0.4, 0.5) is 0 Å². The van der Waals surface area contributed by atoms with Crippen LogP contribution >= 0.6 is 0 Å². The van der Waals surface area contributed by atoms with Crippen LogP contribution in [-0.4, -0.2) is 49.6 Å². The van der Waals surface area contributed by atoms with Gasteiger partial charge in [-0.3, -0.25) is 9.59 Å². The zero-order chi connectivity index (χ0) is 19.9. The Kier molecular flexibility index (Phi) is 4.68. The molecule has 3 aromatic rings. The summed E-state index contributed by atoms with van der Waals surface area (Å²) in [4.78, 5) is 30.6. The van der Waals surface area contributed by atoms with Crippen LogP contribution < -0.4 is 10.2 Å². The minimum absolute atomic E-state index is 0.102. The van der Waals surface area contributed by atoms with E-state index in [1.807, 2.05) is 18.2 Å². The molecule has 1 aliphatic heterocycles. The Morgan fingerprint density at radius 2 is 1.75 bits per heavy atom. The Labute approximate surface area is 162 Å². The second kappa shape index (κ2) is 7.03. The molecule has 0 aliphatic carbocycles. The maximum absolute atomic E-state index is 12.9. The number of para-hydroxylation sites is 1. The Balaban J connectivity index is 1.59. The number of aromatic amines is 1. The van der Waals surface area contributed by atoms with Crippen LogP contribution in [0.2, 0.25) is 0 Å². The van der Waals surface area contributed by atoms with Crippen molar-refractivity contribution >= 4 is 37.7 Å². The number of carbonyl (C=O) groups excluding carboxylic acids is 1. The van der Waals surface area contributed by atoms with Crippen LogP contribution in [0.15, 0.2) is 47.3 Å². The van der Waals surface area contributed by atoms with Crippen molar-refractivity contribution in [1.29, 1.82) is 0 Å². The van der Waals surface area contributed by atoms with Crippen molar-refractivity contribution in [1.82, 2.24) is 14.6 Å². The van der Waals surface area contributed by atoms with Crippen molar-refractivity contribution in [2.45, 2.75) is 18.9 Å². The van der Waals surface area contributed by atoms with E-state index in [1.54, 1.807) is 29.2 Å². The number of H-pyrrole nitrogens is 1. The predicted molar refractivity (Wildman–Crippen MR) is 109 cm³/mol. The summed E-state index contributed by atoms with van der Waals surface area (Å²) in [5.41, 5.74) is 1.81. The van der Waals surface area contributed by atoms with Gasteiger partial charge in [0.05, 0.1) is 6.26 Å². The van der Waals surface area contributed by atoms with Gasteiger partial charge in [0.15, 0.2) is 5.43 Å². The van der Waals surface area contributed by atoms with Gasteiger partial charge in [0.2, 0.25) is 10.0 Å². The number of amides is 1. The first kappa shape index (κ1) is 18.6. The number of pyridine rings is 1. The minimum atomic E-state index is -3.25.